The summed E-state index contributed by atoms with van der Waals surface area (Å²) in [7, 11) is -3.79. The van der Waals surface area contributed by atoms with Crippen LogP contribution in [0.2, 0.25) is 0 Å². The number of nitro benzene ring substituents is 1. The number of nitro groups is 1. The fourth-order valence-corrected chi connectivity index (χ4v) is 4.86. The third-order valence-corrected chi connectivity index (χ3v) is 6.79. The van der Waals surface area contributed by atoms with Crippen LogP contribution in [0.4, 0.5) is 5.69 Å². The summed E-state index contributed by atoms with van der Waals surface area (Å²) in [5.74, 6) is 0.578. The Morgan fingerprint density at radius 2 is 2.03 bits per heavy atom. The maximum atomic E-state index is 12.6. The SMILES string of the molecule is CCN(CC)S(=O)(=O)c1ccc(OC[C@H]2CN(CC(C)C)CCO2)c([N+](=O)[O-])c1. The van der Waals surface area contributed by atoms with Gasteiger partial charge >= 0.3 is 5.69 Å². The molecule has 1 saturated heterocycles. The highest BCUT2D eigenvalue weighted by atomic mass is 32.2. The molecular weight excluding hydrogens is 398 g/mol. The number of benzene rings is 1. The number of sulfonamides is 1. The minimum Gasteiger partial charge on any atom is -0.484 e. The van der Waals surface area contributed by atoms with Gasteiger partial charge in [-0.25, -0.2) is 8.42 Å². The lowest BCUT2D eigenvalue weighted by molar-refractivity contribution is -0.386. The average molecular weight is 430 g/mol. The van der Waals surface area contributed by atoms with E-state index in [1.54, 1.807) is 13.8 Å². The van der Waals surface area contributed by atoms with Gasteiger partial charge < -0.3 is 9.47 Å². The van der Waals surface area contributed by atoms with Gasteiger partial charge in [0.25, 0.3) is 0 Å². The fraction of sp³-hybridized carbons (Fsp3) is 0.684. The number of hydrogen-bond acceptors (Lipinski definition) is 7. The molecule has 1 fully saturated rings. The van der Waals surface area contributed by atoms with Crippen LogP contribution in [0.1, 0.15) is 27.7 Å². The van der Waals surface area contributed by atoms with E-state index in [0.29, 0.717) is 19.1 Å². The summed E-state index contributed by atoms with van der Waals surface area (Å²) in [5, 5.41) is 11.5. The Morgan fingerprint density at radius 3 is 2.62 bits per heavy atom. The fourth-order valence-electron chi connectivity index (χ4n) is 3.38. The van der Waals surface area contributed by atoms with Crippen LogP contribution in [-0.4, -0.2) is 74.6 Å². The maximum absolute atomic E-state index is 12.6. The second-order valence-electron chi connectivity index (χ2n) is 7.43. The van der Waals surface area contributed by atoms with Gasteiger partial charge in [0.1, 0.15) is 12.7 Å². The molecule has 1 aromatic carbocycles. The third-order valence-electron chi connectivity index (χ3n) is 4.74. The van der Waals surface area contributed by atoms with Crippen molar-refractivity contribution in [2.45, 2.75) is 38.7 Å². The van der Waals surface area contributed by atoms with E-state index < -0.39 is 14.9 Å². The minimum absolute atomic E-state index is 0.0399. The lowest BCUT2D eigenvalue weighted by Crippen LogP contribution is -2.46. The van der Waals surface area contributed by atoms with E-state index in [1.807, 2.05) is 0 Å². The summed E-state index contributed by atoms with van der Waals surface area (Å²) in [6, 6.07) is 3.77. The standard InChI is InChI=1S/C19H31N3O6S/c1-5-21(6-2)29(25,26)17-7-8-19(18(11-17)22(23)24)28-14-16-13-20(9-10-27-16)12-15(3)4/h7-8,11,15-16H,5-6,9-10,12-14H2,1-4H3/t16-/m1/s1. The van der Waals surface area contributed by atoms with Crippen molar-refractivity contribution in [1.82, 2.24) is 9.21 Å². The molecule has 29 heavy (non-hydrogen) atoms. The number of hydrogen-bond donors (Lipinski definition) is 0. The molecule has 1 heterocycles. The summed E-state index contributed by atoms with van der Waals surface area (Å²) < 4.78 is 37.9. The Hall–Kier alpha value is -1.75. The largest absolute Gasteiger partial charge is 0.484 e. The number of rotatable bonds is 10. The molecular formula is C19H31N3O6S. The van der Waals surface area contributed by atoms with Gasteiger partial charge in [0.2, 0.25) is 10.0 Å². The smallest absolute Gasteiger partial charge is 0.312 e. The van der Waals surface area contributed by atoms with Crippen molar-refractivity contribution in [2.75, 3.05) is 45.9 Å². The Kier molecular flexibility index (Phi) is 8.38. The highest BCUT2D eigenvalue weighted by molar-refractivity contribution is 7.89. The first-order valence-electron chi connectivity index (χ1n) is 9.94. The summed E-state index contributed by atoms with van der Waals surface area (Å²) in [5.41, 5.74) is -0.368. The van der Waals surface area contributed by atoms with Gasteiger partial charge in [0, 0.05) is 38.8 Å². The lowest BCUT2D eigenvalue weighted by Gasteiger charge is -2.33. The van der Waals surface area contributed by atoms with Gasteiger partial charge in [0.15, 0.2) is 5.75 Å². The van der Waals surface area contributed by atoms with Crippen LogP contribution in [0, 0.1) is 16.0 Å². The van der Waals surface area contributed by atoms with Crippen molar-refractivity contribution in [3.63, 3.8) is 0 Å². The van der Waals surface area contributed by atoms with E-state index in [1.165, 1.54) is 16.4 Å². The third kappa shape index (κ3) is 6.11. The zero-order chi connectivity index (χ0) is 21.6. The van der Waals surface area contributed by atoms with Crippen molar-refractivity contribution >= 4 is 15.7 Å². The normalized spacial score (nSPS) is 18.3. The van der Waals surface area contributed by atoms with E-state index in [-0.39, 0.29) is 42.1 Å². The lowest BCUT2D eigenvalue weighted by atomic mass is 10.2. The summed E-state index contributed by atoms with van der Waals surface area (Å²) in [4.78, 5) is 13.1. The number of nitrogens with zero attached hydrogens (tertiary/aromatic N) is 3. The summed E-state index contributed by atoms with van der Waals surface area (Å²) >= 11 is 0. The Morgan fingerprint density at radius 1 is 1.34 bits per heavy atom. The van der Waals surface area contributed by atoms with Crippen LogP contribution in [0.25, 0.3) is 0 Å². The summed E-state index contributed by atoms with van der Waals surface area (Å²) in [6.07, 6.45) is -0.193. The molecule has 0 aromatic heterocycles. The van der Waals surface area contributed by atoms with Crippen LogP contribution in [0.3, 0.4) is 0 Å². The highest BCUT2D eigenvalue weighted by Gasteiger charge is 2.27. The van der Waals surface area contributed by atoms with E-state index in [0.717, 1.165) is 19.2 Å². The van der Waals surface area contributed by atoms with E-state index in [2.05, 4.69) is 18.7 Å². The van der Waals surface area contributed by atoms with Crippen LogP contribution in [-0.2, 0) is 14.8 Å². The van der Waals surface area contributed by atoms with E-state index in [9.17, 15) is 18.5 Å². The summed E-state index contributed by atoms with van der Waals surface area (Å²) in [6.45, 7) is 11.6. The van der Waals surface area contributed by atoms with Gasteiger partial charge in [-0.3, -0.25) is 15.0 Å². The molecule has 9 nitrogen and oxygen atoms in total. The van der Waals surface area contributed by atoms with Crippen LogP contribution < -0.4 is 4.74 Å². The molecule has 164 valence electrons. The van der Waals surface area contributed by atoms with Crippen molar-refractivity contribution in [1.29, 1.82) is 0 Å². The monoisotopic (exact) mass is 429 g/mol. The quantitative estimate of drug-likeness (QED) is 0.415. The van der Waals surface area contributed by atoms with Gasteiger partial charge in [0.05, 0.1) is 16.4 Å². The topological polar surface area (TPSA) is 102 Å². The van der Waals surface area contributed by atoms with E-state index in [4.69, 9.17) is 9.47 Å². The molecule has 1 aliphatic heterocycles. The first-order chi connectivity index (χ1) is 13.7. The average Bonchev–Trinajstić information content (AvgIpc) is 2.66. The minimum atomic E-state index is -3.79. The number of ether oxygens (including phenoxy) is 2. The van der Waals surface area contributed by atoms with Crippen molar-refractivity contribution in [3.05, 3.63) is 28.3 Å². The molecule has 1 atom stereocenters. The van der Waals surface area contributed by atoms with Crippen LogP contribution in [0.15, 0.2) is 23.1 Å². The molecule has 0 aliphatic carbocycles. The highest BCUT2D eigenvalue weighted by Crippen LogP contribution is 2.31. The molecule has 10 heteroatoms. The maximum Gasteiger partial charge on any atom is 0.312 e. The Labute approximate surface area is 172 Å². The Balaban J connectivity index is 2.14. The zero-order valence-electron chi connectivity index (χ0n) is 17.5. The predicted octanol–water partition coefficient (Wildman–Crippen LogP) is 2.36. The Bertz CT molecular complexity index is 795. The van der Waals surface area contributed by atoms with Crippen molar-refractivity contribution in [2.24, 2.45) is 5.92 Å². The molecule has 1 aliphatic rings. The van der Waals surface area contributed by atoms with E-state index >= 15 is 0 Å². The van der Waals surface area contributed by atoms with Crippen LogP contribution in [0.5, 0.6) is 5.75 Å². The second-order valence-corrected chi connectivity index (χ2v) is 9.37. The first-order valence-corrected chi connectivity index (χ1v) is 11.4. The molecule has 0 spiro atoms. The first kappa shape index (κ1) is 23.5. The van der Waals surface area contributed by atoms with Gasteiger partial charge in [-0.05, 0) is 18.1 Å². The van der Waals surface area contributed by atoms with Crippen molar-refractivity contribution < 1.29 is 22.8 Å². The molecule has 0 N–H and O–H groups in total. The van der Waals surface area contributed by atoms with Crippen LogP contribution >= 0.6 is 0 Å². The van der Waals surface area contributed by atoms with Gasteiger partial charge in [-0.15, -0.1) is 0 Å². The molecule has 0 saturated carbocycles. The predicted molar refractivity (Wildman–Crippen MR) is 110 cm³/mol. The molecule has 0 bridgehead atoms. The molecule has 0 radical (unpaired) electrons. The van der Waals surface area contributed by atoms with Gasteiger partial charge in [-0.2, -0.15) is 4.31 Å². The zero-order valence-corrected chi connectivity index (χ0v) is 18.4. The molecule has 1 aromatic rings. The van der Waals surface area contributed by atoms with Gasteiger partial charge in [-0.1, -0.05) is 27.7 Å². The number of morpholine rings is 1. The molecule has 0 unspecified atom stereocenters. The second kappa shape index (κ2) is 10.3. The molecule has 2 rings (SSSR count). The molecule has 0 amide bonds. The van der Waals surface area contributed by atoms with Crippen molar-refractivity contribution in [3.8, 4) is 5.75 Å².